The first-order chi connectivity index (χ1) is 11.3. The zero-order chi connectivity index (χ0) is 17.7. The van der Waals surface area contributed by atoms with Gasteiger partial charge in [0.15, 0.2) is 21.3 Å². The Kier molecular flexibility index (Phi) is 6.06. The predicted molar refractivity (Wildman–Crippen MR) is 90.4 cm³/mol. The molecule has 0 radical (unpaired) electrons. The Morgan fingerprint density at radius 3 is 2.75 bits per heavy atom. The summed E-state index contributed by atoms with van der Waals surface area (Å²) in [5, 5.41) is 1.45. The molecule has 1 heterocycles. The van der Waals surface area contributed by atoms with Crippen LogP contribution in [0.3, 0.4) is 0 Å². The fraction of sp³-hybridized carbons (Fsp3) is 0.562. The maximum absolute atomic E-state index is 12.0. The third-order valence-electron chi connectivity index (χ3n) is 3.89. The fourth-order valence-corrected chi connectivity index (χ4v) is 2.71. The maximum atomic E-state index is 12.0. The van der Waals surface area contributed by atoms with E-state index in [-0.39, 0.29) is 6.10 Å². The van der Waals surface area contributed by atoms with Crippen LogP contribution in [-0.4, -0.2) is 52.3 Å². The second-order valence-corrected chi connectivity index (χ2v) is 8.14. The molecule has 2 rings (SSSR count). The van der Waals surface area contributed by atoms with Crippen molar-refractivity contribution in [1.82, 2.24) is 0 Å². The van der Waals surface area contributed by atoms with Crippen LogP contribution in [0.25, 0.3) is 0 Å². The first-order valence-electron chi connectivity index (χ1n) is 7.73. The molecule has 8 heteroatoms. The number of anilines is 1. The minimum Gasteiger partial charge on any atom is -0.493 e. The standard InChI is InChI=1S/C16H23NO6S/c1-11(24(3,19)20)16(18)17-12-6-7-14(21-2)15(9-12)23-10-13-5-4-8-22-13/h6-7,9,11,13H,4-5,8,10H2,1-3H3,(H,17,18)/t11-,13+/m1/s1. The third kappa shape index (κ3) is 4.85. The van der Waals surface area contributed by atoms with Gasteiger partial charge >= 0.3 is 0 Å². The molecular formula is C16H23NO6S. The van der Waals surface area contributed by atoms with Crippen molar-refractivity contribution in [2.24, 2.45) is 0 Å². The summed E-state index contributed by atoms with van der Waals surface area (Å²) >= 11 is 0. The molecule has 1 saturated heterocycles. The van der Waals surface area contributed by atoms with Gasteiger partial charge in [0.2, 0.25) is 5.91 Å². The molecule has 1 N–H and O–H groups in total. The lowest BCUT2D eigenvalue weighted by Gasteiger charge is -2.16. The van der Waals surface area contributed by atoms with E-state index in [1.165, 1.54) is 14.0 Å². The molecule has 0 bridgehead atoms. The van der Waals surface area contributed by atoms with Crippen molar-refractivity contribution in [2.75, 3.05) is 31.9 Å². The molecule has 0 spiro atoms. The maximum Gasteiger partial charge on any atom is 0.242 e. The molecule has 0 aliphatic carbocycles. The molecule has 7 nitrogen and oxygen atoms in total. The zero-order valence-corrected chi connectivity index (χ0v) is 14.9. The van der Waals surface area contributed by atoms with E-state index in [4.69, 9.17) is 14.2 Å². The highest BCUT2D eigenvalue weighted by atomic mass is 32.2. The summed E-state index contributed by atoms with van der Waals surface area (Å²) in [4.78, 5) is 12.0. The summed E-state index contributed by atoms with van der Waals surface area (Å²) in [6, 6.07) is 4.90. The number of hydrogen-bond acceptors (Lipinski definition) is 6. The lowest BCUT2D eigenvalue weighted by atomic mass is 10.2. The summed E-state index contributed by atoms with van der Waals surface area (Å²) in [7, 11) is -1.92. The SMILES string of the molecule is COc1ccc(NC(=O)[C@@H](C)S(C)(=O)=O)cc1OC[C@@H]1CCCO1. The van der Waals surface area contributed by atoms with Gasteiger partial charge in [0.05, 0.1) is 13.2 Å². The van der Waals surface area contributed by atoms with E-state index < -0.39 is 21.0 Å². The van der Waals surface area contributed by atoms with E-state index >= 15 is 0 Å². The van der Waals surface area contributed by atoms with Crippen molar-refractivity contribution >= 4 is 21.4 Å². The van der Waals surface area contributed by atoms with Crippen LogP contribution in [0.2, 0.25) is 0 Å². The molecule has 1 aromatic carbocycles. The van der Waals surface area contributed by atoms with Gasteiger partial charge in [-0.25, -0.2) is 8.42 Å². The molecule has 1 amide bonds. The number of benzene rings is 1. The van der Waals surface area contributed by atoms with Crippen molar-refractivity contribution in [2.45, 2.75) is 31.1 Å². The van der Waals surface area contributed by atoms with Crippen LogP contribution in [0.4, 0.5) is 5.69 Å². The van der Waals surface area contributed by atoms with Gasteiger partial charge in [0.25, 0.3) is 0 Å². The predicted octanol–water partition coefficient (Wildman–Crippen LogP) is 1.62. The van der Waals surface area contributed by atoms with Gasteiger partial charge in [0, 0.05) is 24.6 Å². The molecule has 24 heavy (non-hydrogen) atoms. The average molecular weight is 357 g/mol. The molecule has 0 aromatic heterocycles. The Morgan fingerprint density at radius 1 is 1.42 bits per heavy atom. The minimum atomic E-state index is -3.45. The summed E-state index contributed by atoms with van der Waals surface area (Å²) in [5.74, 6) is 0.410. The molecule has 1 fully saturated rings. The third-order valence-corrected chi connectivity index (χ3v) is 5.39. The fourth-order valence-electron chi connectivity index (χ4n) is 2.26. The number of hydrogen-bond donors (Lipinski definition) is 1. The van der Waals surface area contributed by atoms with Crippen LogP contribution in [0.5, 0.6) is 11.5 Å². The lowest BCUT2D eigenvalue weighted by molar-refractivity contribution is -0.115. The Morgan fingerprint density at radius 2 is 2.17 bits per heavy atom. The van der Waals surface area contributed by atoms with E-state index in [0.717, 1.165) is 25.7 Å². The molecule has 1 aromatic rings. The van der Waals surface area contributed by atoms with E-state index in [1.54, 1.807) is 18.2 Å². The summed E-state index contributed by atoms with van der Waals surface area (Å²) < 4.78 is 39.4. The molecule has 1 aliphatic heterocycles. The average Bonchev–Trinajstić information content (AvgIpc) is 3.04. The van der Waals surface area contributed by atoms with Gasteiger partial charge in [-0.2, -0.15) is 0 Å². The monoisotopic (exact) mass is 357 g/mol. The highest BCUT2D eigenvalue weighted by Gasteiger charge is 2.24. The largest absolute Gasteiger partial charge is 0.493 e. The second kappa shape index (κ2) is 7.85. The van der Waals surface area contributed by atoms with Crippen molar-refractivity contribution in [1.29, 1.82) is 0 Å². The van der Waals surface area contributed by atoms with Crippen molar-refractivity contribution in [3.63, 3.8) is 0 Å². The molecule has 134 valence electrons. The second-order valence-electron chi connectivity index (χ2n) is 5.77. The number of carbonyl (C=O) groups excluding carboxylic acids is 1. The van der Waals surface area contributed by atoms with Crippen molar-refractivity contribution in [3.05, 3.63) is 18.2 Å². The number of rotatable bonds is 7. The van der Waals surface area contributed by atoms with Gasteiger partial charge in [-0.3, -0.25) is 4.79 Å². The van der Waals surface area contributed by atoms with Crippen molar-refractivity contribution in [3.8, 4) is 11.5 Å². The van der Waals surface area contributed by atoms with Gasteiger partial charge in [-0.05, 0) is 31.9 Å². The molecular weight excluding hydrogens is 334 g/mol. The lowest BCUT2D eigenvalue weighted by Crippen LogP contribution is -2.31. The Balaban J connectivity index is 2.08. The smallest absolute Gasteiger partial charge is 0.242 e. The Bertz CT molecular complexity index is 682. The van der Waals surface area contributed by atoms with Crippen LogP contribution in [0, 0.1) is 0 Å². The van der Waals surface area contributed by atoms with Gasteiger partial charge in [0.1, 0.15) is 11.9 Å². The van der Waals surface area contributed by atoms with Crippen molar-refractivity contribution < 1.29 is 27.4 Å². The first kappa shape index (κ1) is 18.5. The van der Waals surface area contributed by atoms with Crippen LogP contribution in [0.1, 0.15) is 19.8 Å². The number of sulfone groups is 1. The molecule has 2 atom stereocenters. The van der Waals surface area contributed by atoms with Crippen LogP contribution < -0.4 is 14.8 Å². The molecule has 0 saturated carbocycles. The number of nitrogens with one attached hydrogen (secondary N) is 1. The van der Waals surface area contributed by atoms with E-state index in [0.29, 0.717) is 23.8 Å². The topological polar surface area (TPSA) is 90.9 Å². The molecule has 1 aliphatic rings. The van der Waals surface area contributed by atoms with Crippen LogP contribution in [-0.2, 0) is 19.4 Å². The minimum absolute atomic E-state index is 0.0539. The summed E-state index contributed by atoms with van der Waals surface area (Å²) in [6.45, 7) is 2.49. The number of carbonyl (C=O) groups is 1. The zero-order valence-electron chi connectivity index (χ0n) is 14.1. The number of amides is 1. The number of ether oxygens (including phenoxy) is 3. The number of methoxy groups -OCH3 is 1. The quantitative estimate of drug-likeness (QED) is 0.797. The van der Waals surface area contributed by atoms with Gasteiger partial charge < -0.3 is 19.5 Å². The van der Waals surface area contributed by atoms with Crippen LogP contribution >= 0.6 is 0 Å². The first-order valence-corrected chi connectivity index (χ1v) is 9.69. The normalized spacial score (nSPS) is 18.9. The van der Waals surface area contributed by atoms with Gasteiger partial charge in [-0.15, -0.1) is 0 Å². The highest BCUT2D eigenvalue weighted by molar-refractivity contribution is 7.92. The molecule has 0 unspecified atom stereocenters. The van der Waals surface area contributed by atoms with E-state index in [9.17, 15) is 13.2 Å². The summed E-state index contributed by atoms with van der Waals surface area (Å²) in [6.07, 6.45) is 3.05. The highest BCUT2D eigenvalue weighted by Crippen LogP contribution is 2.31. The van der Waals surface area contributed by atoms with E-state index in [1.807, 2.05) is 0 Å². The Labute approximate surface area is 142 Å². The van der Waals surface area contributed by atoms with E-state index in [2.05, 4.69) is 5.32 Å². The van der Waals surface area contributed by atoms with Crippen LogP contribution in [0.15, 0.2) is 18.2 Å². The summed E-state index contributed by atoms with van der Waals surface area (Å²) in [5.41, 5.74) is 0.443. The van der Waals surface area contributed by atoms with Gasteiger partial charge in [-0.1, -0.05) is 0 Å². The Hall–Kier alpha value is -1.80.